The zero-order chi connectivity index (χ0) is 16.1. The quantitative estimate of drug-likeness (QED) is 0.856. The molecule has 4 nitrogen and oxygen atoms in total. The van der Waals surface area contributed by atoms with Crippen molar-refractivity contribution in [1.82, 2.24) is 10.2 Å². The third-order valence-corrected chi connectivity index (χ3v) is 4.78. The van der Waals surface area contributed by atoms with Gasteiger partial charge in [-0.3, -0.25) is 9.59 Å². The zero-order valence-electron chi connectivity index (χ0n) is 12.9. The number of nitrogens with one attached hydrogen (secondary N) is 1. The average Bonchev–Trinajstić information content (AvgIpc) is 2.48. The Labute approximate surface area is 140 Å². The van der Waals surface area contributed by atoms with E-state index in [4.69, 9.17) is 11.6 Å². The van der Waals surface area contributed by atoms with Gasteiger partial charge in [-0.2, -0.15) is 0 Å². The molecule has 1 N–H and O–H groups in total. The summed E-state index contributed by atoms with van der Waals surface area (Å²) in [6.45, 7) is 4.84. The van der Waals surface area contributed by atoms with E-state index < -0.39 is 0 Å². The summed E-state index contributed by atoms with van der Waals surface area (Å²) in [4.78, 5) is 26.8. The highest BCUT2D eigenvalue weighted by Crippen LogP contribution is 2.27. The number of amides is 2. The second kappa shape index (κ2) is 7.88. The van der Waals surface area contributed by atoms with Crippen LogP contribution in [0.5, 0.6) is 0 Å². The number of carbonyl (C=O) groups excluding carboxylic acids is 2. The molecule has 0 aromatic heterocycles. The Morgan fingerprint density at radius 1 is 1.45 bits per heavy atom. The molecule has 0 radical (unpaired) electrons. The van der Waals surface area contributed by atoms with Crippen LogP contribution in [0.3, 0.4) is 0 Å². The van der Waals surface area contributed by atoms with Gasteiger partial charge in [-0.25, -0.2) is 0 Å². The molecule has 1 atom stereocenters. The van der Waals surface area contributed by atoms with Gasteiger partial charge >= 0.3 is 0 Å². The highest BCUT2D eigenvalue weighted by Gasteiger charge is 2.26. The molecule has 1 aromatic carbocycles. The number of likely N-dealkylation sites (tertiary alicyclic amines) is 1. The first-order valence-electron chi connectivity index (χ1n) is 7.50. The third-order valence-electron chi connectivity index (χ3n) is 3.59. The van der Waals surface area contributed by atoms with Crippen LogP contribution in [0, 0.1) is 0 Å². The van der Waals surface area contributed by atoms with Crippen molar-refractivity contribution in [2.45, 2.75) is 37.6 Å². The van der Waals surface area contributed by atoms with Gasteiger partial charge in [0.1, 0.15) is 0 Å². The fraction of sp³-hybridized carbons (Fsp3) is 0.500. The van der Waals surface area contributed by atoms with Gasteiger partial charge in [-0.15, -0.1) is 11.8 Å². The van der Waals surface area contributed by atoms with Crippen molar-refractivity contribution in [3.05, 3.63) is 28.8 Å². The Bertz CT molecular complexity index is 565. The summed E-state index contributed by atoms with van der Waals surface area (Å²) in [5.74, 6) is 0.842. The van der Waals surface area contributed by atoms with E-state index in [0.717, 1.165) is 30.0 Å². The number of carbonyl (C=O) groups is 2. The summed E-state index contributed by atoms with van der Waals surface area (Å²) in [6, 6.07) is 5.49. The molecule has 0 bridgehead atoms. The van der Waals surface area contributed by atoms with E-state index in [9.17, 15) is 9.59 Å². The van der Waals surface area contributed by atoms with Crippen LogP contribution in [0.1, 0.15) is 37.0 Å². The smallest absolute Gasteiger partial charge is 0.255 e. The number of halogens is 1. The van der Waals surface area contributed by atoms with E-state index in [1.165, 1.54) is 6.92 Å². The summed E-state index contributed by atoms with van der Waals surface area (Å²) in [5.41, 5.74) is 0.655. The van der Waals surface area contributed by atoms with Crippen molar-refractivity contribution in [1.29, 1.82) is 0 Å². The number of piperidine rings is 1. The number of hydrogen-bond acceptors (Lipinski definition) is 3. The van der Waals surface area contributed by atoms with Crippen LogP contribution < -0.4 is 5.32 Å². The van der Waals surface area contributed by atoms with Crippen LogP contribution in [0.15, 0.2) is 23.1 Å². The number of nitrogens with zero attached hydrogens (tertiary/aromatic N) is 1. The number of rotatable bonds is 4. The van der Waals surface area contributed by atoms with E-state index in [-0.39, 0.29) is 17.9 Å². The molecular weight excluding hydrogens is 320 g/mol. The van der Waals surface area contributed by atoms with Crippen molar-refractivity contribution >= 4 is 35.2 Å². The predicted molar refractivity (Wildman–Crippen MR) is 90.6 cm³/mol. The predicted octanol–water partition coefficient (Wildman–Crippen LogP) is 3.19. The number of hydrogen-bond donors (Lipinski definition) is 1. The first-order chi connectivity index (χ1) is 10.5. The van der Waals surface area contributed by atoms with Crippen LogP contribution in [-0.4, -0.2) is 41.6 Å². The molecule has 1 heterocycles. The molecule has 22 heavy (non-hydrogen) atoms. The highest BCUT2D eigenvalue weighted by molar-refractivity contribution is 7.99. The van der Waals surface area contributed by atoms with Crippen molar-refractivity contribution in [3.63, 3.8) is 0 Å². The lowest BCUT2D eigenvalue weighted by Gasteiger charge is -2.33. The fourth-order valence-corrected chi connectivity index (χ4v) is 3.64. The Kier molecular flexibility index (Phi) is 6.15. The zero-order valence-corrected chi connectivity index (χ0v) is 14.5. The maximum atomic E-state index is 12.8. The second-order valence-corrected chi connectivity index (χ2v) is 7.11. The molecule has 6 heteroatoms. The van der Waals surface area contributed by atoms with E-state index in [0.29, 0.717) is 17.1 Å². The minimum absolute atomic E-state index is 0.00602. The molecule has 120 valence electrons. The van der Waals surface area contributed by atoms with Crippen LogP contribution in [-0.2, 0) is 4.79 Å². The minimum Gasteiger partial charge on any atom is -0.352 e. The number of thioether (sulfide) groups is 1. The maximum Gasteiger partial charge on any atom is 0.255 e. The molecule has 1 saturated heterocycles. The van der Waals surface area contributed by atoms with Crippen LogP contribution in [0.4, 0.5) is 0 Å². The lowest BCUT2D eigenvalue weighted by atomic mass is 10.0. The van der Waals surface area contributed by atoms with E-state index in [2.05, 4.69) is 12.2 Å². The largest absolute Gasteiger partial charge is 0.352 e. The first-order valence-corrected chi connectivity index (χ1v) is 8.86. The van der Waals surface area contributed by atoms with Gasteiger partial charge in [-0.05, 0) is 36.8 Å². The maximum absolute atomic E-state index is 12.8. The molecule has 1 aliphatic rings. The molecule has 1 fully saturated rings. The normalized spacial score (nSPS) is 18.1. The summed E-state index contributed by atoms with van der Waals surface area (Å²) in [7, 11) is 0. The van der Waals surface area contributed by atoms with E-state index in [1.54, 1.807) is 17.8 Å². The Morgan fingerprint density at radius 2 is 2.23 bits per heavy atom. The van der Waals surface area contributed by atoms with Crippen LogP contribution >= 0.6 is 23.4 Å². The van der Waals surface area contributed by atoms with Crippen molar-refractivity contribution in [3.8, 4) is 0 Å². The van der Waals surface area contributed by atoms with Gasteiger partial charge in [-0.1, -0.05) is 18.5 Å². The average molecular weight is 341 g/mol. The summed E-state index contributed by atoms with van der Waals surface area (Å²) in [6.07, 6.45) is 1.81. The first kappa shape index (κ1) is 17.2. The van der Waals surface area contributed by atoms with E-state index >= 15 is 0 Å². The second-order valence-electron chi connectivity index (χ2n) is 5.36. The van der Waals surface area contributed by atoms with Gasteiger partial charge in [0.2, 0.25) is 5.91 Å². The standard InChI is InChI=1S/C16H21ClN2O2S/c1-3-22-15-7-6-12(17)9-14(15)16(21)19-8-4-5-13(10-19)18-11(2)20/h6-7,9,13H,3-5,8,10H2,1-2H3,(H,18,20)/t13-/m1/s1. The molecule has 0 saturated carbocycles. The molecular formula is C16H21ClN2O2S. The fourth-order valence-electron chi connectivity index (χ4n) is 2.69. The molecule has 0 aliphatic carbocycles. The van der Waals surface area contributed by atoms with Crippen molar-refractivity contribution < 1.29 is 9.59 Å². The van der Waals surface area contributed by atoms with Crippen molar-refractivity contribution in [2.24, 2.45) is 0 Å². The monoisotopic (exact) mass is 340 g/mol. The molecule has 1 aromatic rings. The molecule has 0 spiro atoms. The highest BCUT2D eigenvalue weighted by atomic mass is 35.5. The van der Waals surface area contributed by atoms with Gasteiger partial charge in [0.25, 0.3) is 5.91 Å². The Balaban J connectivity index is 2.16. The Hall–Kier alpha value is -1.20. The van der Waals surface area contributed by atoms with Crippen LogP contribution in [0.2, 0.25) is 5.02 Å². The minimum atomic E-state index is -0.0516. The molecule has 2 rings (SSSR count). The molecule has 2 amide bonds. The molecule has 1 aliphatic heterocycles. The third kappa shape index (κ3) is 4.40. The van der Waals surface area contributed by atoms with Crippen LogP contribution in [0.25, 0.3) is 0 Å². The lowest BCUT2D eigenvalue weighted by Crippen LogP contribution is -2.49. The number of benzene rings is 1. The van der Waals surface area contributed by atoms with E-state index in [1.807, 2.05) is 17.0 Å². The molecule has 0 unspecified atom stereocenters. The Morgan fingerprint density at radius 3 is 2.91 bits per heavy atom. The van der Waals surface area contributed by atoms with Crippen molar-refractivity contribution in [2.75, 3.05) is 18.8 Å². The van der Waals surface area contributed by atoms with Gasteiger partial charge < -0.3 is 10.2 Å². The van der Waals surface area contributed by atoms with Gasteiger partial charge in [0.05, 0.1) is 5.56 Å². The lowest BCUT2D eigenvalue weighted by molar-refractivity contribution is -0.120. The van der Waals surface area contributed by atoms with Gasteiger partial charge in [0, 0.05) is 36.0 Å². The summed E-state index contributed by atoms with van der Waals surface area (Å²) in [5, 5.41) is 3.47. The summed E-state index contributed by atoms with van der Waals surface area (Å²) < 4.78 is 0. The van der Waals surface area contributed by atoms with Gasteiger partial charge in [0.15, 0.2) is 0 Å². The topological polar surface area (TPSA) is 49.4 Å². The SMILES string of the molecule is CCSc1ccc(Cl)cc1C(=O)N1CCC[C@@H](NC(C)=O)C1. The summed E-state index contributed by atoms with van der Waals surface area (Å²) >= 11 is 7.70.